The first kappa shape index (κ1) is 18.9. The van der Waals surface area contributed by atoms with Gasteiger partial charge in [0.2, 0.25) is 5.91 Å². The summed E-state index contributed by atoms with van der Waals surface area (Å²) >= 11 is 1.66. The predicted octanol–water partition coefficient (Wildman–Crippen LogP) is 3.43. The van der Waals surface area contributed by atoms with Crippen LogP contribution >= 0.6 is 11.3 Å². The van der Waals surface area contributed by atoms with Crippen LogP contribution in [0, 0.1) is 17.0 Å². The molecule has 0 spiro atoms. The van der Waals surface area contributed by atoms with E-state index in [1.54, 1.807) is 11.3 Å². The number of nitro benzene ring substituents is 1. The molecular weight excluding hydrogens is 342 g/mol. The number of anilines is 1. The van der Waals surface area contributed by atoms with Crippen molar-refractivity contribution in [3.8, 4) is 5.75 Å². The number of ether oxygens (including phenoxy) is 1. The molecule has 0 aliphatic heterocycles. The third-order valence-corrected chi connectivity index (χ3v) is 5.06. The van der Waals surface area contributed by atoms with E-state index in [4.69, 9.17) is 4.74 Å². The summed E-state index contributed by atoms with van der Waals surface area (Å²) in [5.74, 6) is 0.0513. The van der Waals surface area contributed by atoms with Gasteiger partial charge in [-0.1, -0.05) is 0 Å². The minimum Gasteiger partial charge on any atom is -0.494 e. The Morgan fingerprint density at radius 1 is 1.44 bits per heavy atom. The SMILES string of the molecule is COc1cc([N+](=O)[O-])ccc1NC(=O)[C@@H](C)N(C)Cc1sccc1C. The van der Waals surface area contributed by atoms with Crippen LogP contribution in [0.25, 0.3) is 0 Å². The van der Waals surface area contributed by atoms with Gasteiger partial charge in [0.25, 0.3) is 5.69 Å². The second-order valence-corrected chi connectivity index (χ2v) is 6.75. The number of methoxy groups -OCH3 is 1. The molecule has 25 heavy (non-hydrogen) atoms. The standard InChI is InChI=1S/C17H21N3O4S/c1-11-7-8-25-16(11)10-19(3)12(2)17(21)18-14-6-5-13(20(22)23)9-15(14)24-4/h5-9,12H,10H2,1-4H3,(H,18,21)/t12-/m1/s1. The van der Waals surface area contributed by atoms with E-state index in [2.05, 4.69) is 11.4 Å². The van der Waals surface area contributed by atoms with Crippen LogP contribution in [-0.2, 0) is 11.3 Å². The van der Waals surface area contributed by atoms with Gasteiger partial charge in [0.1, 0.15) is 5.75 Å². The Morgan fingerprint density at radius 2 is 2.16 bits per heavy atom. The Hall–Kier alpha value is -2.45. The number of benzene rings is 1. The van der Waals surface area contributed by atoms with E-state index in [1.165, 1.54) is 35.7 Å². The van der Waals surface area contributed by atoms with Gasteiger partial charge in [-0.15, -0.1) is 11.3 Å². The fraction of sp³-hybridized carbons (Fsp3) is 0.353. The number of aryl methyl sites for hydroxylation is 1. The topological polar surface area (TPSA) is 84.7 Å². The molecule has 1 aromatic carbocycles. The molecule has 0 aliphatic carbocycles. The van der Waals surface area contributed by atoms with Gasteiger partial charge in [0.05, 0.1) is 29.8 Å². The number of rotatable bonds is 7. The molecule has 0 unspecified atom stereocenters. The van der Waals surface area contributed by atoms with Crippen molar-refractivity contribution < 1.29 is 14.5 Å². The minimum absolute atomic E-state index is 0.0896. The number of thiophene rings is 1. The lowest BCUT2D eigenvalue weighted by Gasteiger charge is -2.24. The molecule has 0 bridgehead atoms. The maximum atomic E-state index is 12.5. The predicted molar refractivity (Wildman–Crippen MR) is 98.3 cm³/mol. The molecule has 0 saturated heterocycles. The van der Waals surface area contributed by atoms with Crippen LogP contribution in [0.15, 0.2) is 29.6 Å². The highest BCUT2D eigenvalue weighted by molar-refractivity contribution is 7.10. The van der Waals surface area contributed by atoms with Crippen LogP contribution < -0.4 is 10.1 Å². The highest BCUT2D eigenvalue weighted by atomic mass is 32.1. The summed E-state index contributed by atoms with van der Waals surface area (Å²) in [4.78, 5) is 26.0. The molecule has 134 valence electrons. The lowest BCUT2D eigenvalue weighted by molar-refractivity contribution is -0.384. The number of nitrogens with zero attached hydrogens (tertiary/aromatic N) is 2. The number of non-ortho nitro benzene ring substituents is 1. The van der Waals surface area contributed by atoms with Gasteiger partial charge in [0, 0.05) is 17.5 Å². The summed E-state index contributed by atoms with van der Waals surface area (Å²) in [7, 11) is 3.29. The molecule has 7 nitrogen and oxygen atoms in total. The maximum Gasteiger partial charge on any atom is 0.273 e. The molecule has 0 saturated carbocycles. The third-order valence-electron chi connectivity index (χ3n) is 4.06. The monoisotopic (exact) mass is 363 g/mol. The molecular formula is C17H21N3O4S. The van der Waals surface area contributed by atoms with Gasteiger partial charge in [-0.25, -0.2) is 0 Å². The van der Waals surface area contributed by atoms with Crippen molar-refractivity contribution >= 4 is 28.6 Å². The van der Waals surface area contributed by atoms with Crippen molar-refractivity contribution in [3.63, 3.8) is 0 Å². The van der Waals surface area contributed by atoms with E-state index >= 15 is 0 Å². The van der Waals surface area contributed by atoms with Crippen molar-refractivity contribution in [1.82, 2.24) is 4.90 Å². The summed E-state index contributed by atoms with van der Waals surface area (Å²) in [6, 6.07) is 5.78. The number of hydrogen-bond acceptors (Lipinski definition) is 6. The number of carbonyl (C=O) groups is 1. The summed E-state index contributed by atoms with van der Waals surface area (Å²) < 4.78 is 5.15. The molecule has 0 aliphatic rings. The summed E-state index contributed by atoms with van der Waals surface area (Å²) in [5, 5.41) is 15.6. The second-order valence-electron chi connectivity index (χ2n) is 5.75. The zero-order chi connectivity index (χ0) is 18.6. The van der Waals surface area contributed by atoms with Crippen LogP contribution in [0.3, 0.4) is 0 Å². The van der Waals surface area contributed by atoms with Crippen molar-refractivity contribution in [1.29, 1.82) is 0 Å². The molecule has 1 atom stereocenters. The number of hydrogen-bond donors (Lipinski definition) is 1. The number of likely N-dealkylation sites (N-methyl/N-ethyl adjacent to an activating group) is 1. The lowest BCUT2D eigenvalue weighted by Crippen LogP contribution is -2.39. The zero-order valence-electron chi connectivity index (χ0n) is 14.6. The van der Waals surface area contributed by atoms with Gasteiger partial charge in [-0.05, 0) is 44.0 Å². The van der Waals surface area contributed by atoms with Crippen molar-refractivity contribution in [2.24, 2.45) is 0 Å². The Kier molecular flexibility index (Phi) is 6.11. The molecule has 1 amide bonds. The average Bonchev–Trinajstić information content (AvgIpc) is 2.98. The molecule has 2 rings (SSSR count). The summed E-state index contributed by atoms with van der Waals surface area (Å²) in [6.07, 6.45) is 0. The Bertz CT molecular complexity index is 775. The fourth-order valence-electron chi connectivity index (χ4n) is 2.26. The molecule has 1 aromatic heterocycles. The van der Waals surface area contributed by atoms with E-state index in [1.807, 2.05) is 31.2 Å². The first-order valence-corrected chi connectivity index (χ1v) is 8.58. The van der Waals surface area contributed by atoms with E-state index in [0.717, 1.165) is 0 Å². The highest BCUT2D eigenvalue weighted by Gasteiger charge is 2.21. The minimum atomic E-state index is -0.506. The van der Waals surface area contributed by atoms with E-state index < -0.39 is 4.92 Å². The van der Waals surface area contributed by atoms with Gasteiger partial charge in [0.15, 0.2) is 0 Å². The van der Waals surface area contributed by atoms with Crippen LogP contribution in [0.1, 0.15) is 17.4 Å². The van der Waals surface area contributed by atoms with Gasteiger partial charge < -0.3 is 10.1 Å². The van der Waals surface area contributed by atoms with Crippen molar-refractivity contribution in [2.75, 3.05) is 19.5 Å². The van der Waals surface area contributed by atoms with E-state index in [9.17, 15) is 14.9 Å². The quantitative estimate of drug-likeness (QED) is 0.602. The van der Waals surface area contributed by atoms with Crippen LogP contribution in [0.4, 0.5) is 11.4 Å². The number of carbonyl (C=O) groups excluding carboxylic acids is 1. The second kappa shape index (κ2) is 8.09. The van der Waals surface area contributed by atoms with E-state index in [-0.39, 0.29) is 23.4 Å². The highest BCUT2D eigenvalue weighted by Crippen LogP contribution is 2.29. The Balaban J connectivity index is 2.07. The smallest absolute Gasteiger partial charge is 0.273 e. The maximum absolute atomic E-state index is 12.5. The fourth-order valence-corrected chi connectivity index (χ4v) is 3.23. The molecule has 0 radical (unpaired) electrons. The number of amides is 1. The molecule has 8 heteroatoms. The van der Waals surface area contributed by atoms with Gasteiger partial charge in [-0.3, -0.25) is 19.8 Å². The molecule has 1 N–H and O–H groups in total. The van der Waals surface area contributed by atoms with Gasteiger partial charge in [-0.2, -0.15) is 0 Å². The van der Waals surface area contributed by atoms with Crippen LogP contribution in [0.5, 0.6) is 5.75 Å². The van der Waals surface area contributed by atoms with Crippen LogP contribution in [-0.4, -0.2) is 35.9 Å². The Labute approximate surface area is 150 Å². The molecule has 2 aromatic rings. The Morgan fingerprint density at radius 3 is 2.72 bits per heavy atom. The largest absolute Gasteiger partial charge is 0.494 e. The van der Waals surface area contributed by atoms with Crippen LogP contribution in [0.2, 0.25) is 0 Å². The normalized spacial score (nSPS) is 12.0. The number of nitro groups is 1. The first-order chi connectivity index (χ1) is 11.8. The summed E-state index contributed by atoms with van der Waals surface area (Å²) in [6.45, 7) is 4.54. The third kappa shape index (κ3) is 4.55. The number of nitrogens with one attached hydrogen (secondary N) is 1. The lowest BCUT2D eigenvalue weighted by atomic mass is 10.2. The first-order valence-electron chi connectivity index (χ1n) is 7.70. The van der Waals surface area contributed by atoms with Gasteiger partial charge >= 0.3 is 0 Å². The van der Waals surface area contributed by atoms with E-state index in [0.29, 0.717) is 12.2 Å². The summed E-state index contributed by atoms with van der Waals surface area (Å²) in [5.41, 5.74) is 1.53. The molecule has 0 fully saturated rings. The zero-order valence-corrected chi connectivity index (χ0v) is 15.4. The average molecular weight is 363 g/mol. The van der Waals surface area contributed by atoms with Crippen molar-refractivity contribution in [2.45, 2.75) is 26.4 Å². The molecule has 1 heterocycles. The van der Waals surface area contributed by atoms with Crippen molar-refractivity contribution in [3.05, 3.63) is 50.2 Å².